The Morgan fingerprint density at radius 2 is 2.00 bits per heavy atom. The van der Waals surface area contributed by atoms with Crippen LogP contribution < -0.4 is 0 Å². The van der Waals surface area contributed by atoms with Gasteiger partial charge in [-0.15, -0.1) is 0 Å². The molecule has 0 aliphatic heterocycles. The van der Waals surface area contributed by atoms with Gasteiger partial charge in [-0.1, -0.05) is 43.1 Å². The van der Waals surface area contributed by atoms with Crippen molar-refractivity contribution in [3.8, 4) is 5.69 Å². The van der Waals surface area contributed by atoms with Crippen molar-refractivity contribution < 1.29 is 5.11 Å². The van der Waals surface area contributed by atoms with Crippen LogP contribution >= 0.6 is 23.2 Å². The predicted octanol–water partition coefficient (Wildman–Crippen LogP) is 4.10. The molecule has 0 bridgehead atoms. The number of nitrogens with zero attached hydrogens (tertiary/aromatic N) is 2. The van der Waals surface area contributed by atoms with Gasteiger partial charge in [0.2, 0.25) is 0 Å². The Hall–Kier alpha value is -1.03. The van der Waals surface area contributed by atoms with Crippen molar-refractivity contribution in [1.82, 2.24) is 9.78 Å². The van der Waals surface area contributed by atoms with Crippen LogP contribution in [0.4, 0.5) is 0 Å². The lowest BCUT2D eigenvalue weighted by Gasteiger charge is -2.05. The second-order valence-electron chi connectivity index (χ2n) is 4.81. The van der Waals surface area contributed by atoms with E-state index in [2.05, 4.69) is 5.10 Å². The zero-order valence-electron chi connectivity index (χ0n) is 11.1. The molecule has 5 heteroatoms. The fourth-order valence-electron chi connectivity index (χ4n) is 1.94. The summed E-state index contributed by atoms with van der Waals surface area (Å²) in [6, 6.07) is 5.65. The number of rotatable bonds is 3. The Labute approximate surface area is 122 Å². The number of aromatic nitrogens is 2. The van der Waals surface area contributed by atoms with E-state index in [0.29, 0.717) is 15.7 Å². The maximum Gasteiger partial charge on any atom is 0.138 e. The van der Waals surface area contributed by atoms with Gasteiger partial charge in [-0.05, 0) is 30.5 Å². The van der Waals surface area contributed by atoms with Crippen molar-refractivity contribution in [3.63, 3.8) is 0 Å². The van der Waals surface area contributed by atoms with Gasteiger partial charge in [0.25, 0.3) is 0 Å². The molecule has 0 amide bonds. The summed E-state index contributed by atoms with van der Waals surface area (Å²) in [5.74, 6) is 0.196. The number of halogens is 2. The largest absolute Gasteiger partial charge is 0.391 e. The van der Waals surface area contributed by atoms with Gasteiger partial charge >= 0.3 is 0 Å². The third kappa shape index (κ3) is 2.64. The van der Waals surface area contributed by atoms with Crippen LogP contribution in [-0.4, -0.2) is 14.9 Å². The van der Waals surface area contributed by atoms with E-state index in [1.165, 1.54) is 0 Å². The normalized spacial score (nSPS) is 11.3. The molecule has 2 rings (SSSR count). The Balaban J connectivity index is 2.59. The highest BCUT2D eigenvalue weighted by molar-refractivity contribution is 6.32. The van der Waals surface area contributed by atoms with Crippen LogP contribution in [0.5, 0.6) is 0 Å². The Bertz CT molecular complexity index is 606. The maximum absolute atomic E-state index is 9.44. The van der Waals surface area contributed by atoms with Gasteiger partial charge in [-0.25, -0.2) is 4.68 Å². The van der Waals surface area contributed by atoms with E-state index in [1.807, 2.05) is 39.0 Å². The van der Waals surface area contributed by atoms with E-state index in [-0.39, 0.29) is 12.5 Å². The smallest absolute Gasteiger partial charge is 0.138 e. The van der Waals surface area contributed by atoms with Gasteiger partial charge in [0, 0.05) is 10.6 Å². The van der Waals surface area contributed by atoms with Crippen LogP contribution in [0, 0.1) is 6.92 Å². The molecule has 0 saturated carbocycles. The zero-order valence-corrected chi connectivity index (χ0v) is 12.6. The summed E-state index contributed by atoms with van der Waals surface area (Å²) in [6.07, 6.45) is 0. The molecule has 0 radical (unpaired) electrons. The van der Waals surface area contributed by atoms with Gasteiger partial charge in [0.05, 0.1) is 18.0 Å². The number of benzene rings is 1. The minimum Gasteiger partial charge on any atom is -0.391 e. The van der Waals surface area contributed by atoms with E-state index in [1.54, 1.807) is 4.68 Å². The Morgan fingerprint density at radius 3 is 2.47 bits per heavy atom. The predicted molar refractivity (Wildman–Crippen MR) is 78.3 cm³/mol. The maximum atomic E-state index is 9.44. The summed E-state index contributed by atoms with van der Waals surface area (Å²) in [6.45, 7) is 5.86. The number of hydrogen-bond donors (Lipinski definition) is 1. The van der Waals surface area contributed by atoms with Crippen molar-refractivity contribution in [2.24, 2.45) is 0 Å². The molecule has 3 nitrogen and oxygen atoms in total. The molecule has 1 aromatic carbocycles. The fraction of sp³-hybridized carbons (Fsp3) is 0.357. The first kappa shape index (κ1) is 14.4. The van der Waals surface area contributed by atoms with E-state index in [0.717, 1.165) is 16.9 Å². The molecule has 19 heavy (non-hydrogen) atoms. The molecule has 0 aliphatic rings. The van der Waals surface area contributed by atoms with E-state index < -0.39 is 0 Å². The SMILES string of the molecule is Cc1ccc(-n2nc(C(C)C)c(CO)c2Cl)cc1Cl. The number of aliphatic hydroxyl groups is 1. The zero-order chi connectivity index (χ0) is 14.2. The van der Waals surface area contributed by atoms with Crippen molar-refractivity contribution in [2.45, 2.75) is 33.3 Å². The first-order chi connectivity index (χ1) is 8.95. The minimum absolute atomic E-state index is 0.119. The van der Waals surface area contributed by atoms with Gasteiger partial charge in [0.1, 0.15) is 5.15 Å². The summed E-state index contributed by atoms with van der Waals surface area (Å²) in [5.41, 5.74) is 3.28. The second kappa shape index (κ2) is 5.53. The molecule has 0 unspecified atom stereocenters. The van der Waals surface area contributed by atoms with E-state index in [9.17, 15) is 5.11 Å². The molecule has 2 aromatic rings. The molecule has 102 valence electrons. The summed E-state index contributed by atoms with van der Waals surface area (Å²) < 4.78 is 1.62. The van der Waals surface area contributed by atoms with E-state index >= 15 is 0 Å². The van der Waals surface area contributed by atoms with Crippen molar-refractivity contribution in [3.05, 3.63) is 45.2 Å². The highest BCUT2D eigenvalue weighted by atomic mass is 35.5. The number of aryl methyl sites for hydroxylation is 1. The van der Waals surface area contributed by atoms with Crippen LogP contribution in [0.15, 0.2) is 18.2 Å². The molecule has 1 N–H and O–H groups in total. The first-order valence-electron chi connectivity index (χ1n) is 6.10. The third-order valence-electron chi connectivity index (χ3n) is 3.06. The molecular weight excluding hydrogens is 283 g/mol. The molecular formula is C14H16Cl2N2O. The second-order valence-corrected chi connectivity index (χ2v) is 5.58. The molecule has 1 heterocycles. The standard InChI is InChI=1S/C14H16Cl2N2O/c1-8(2)13-11(7-19)14(16)18(17-13)10-5-4-9(3)12(15)6-10/h4-6,8,19H,7H2,1-3H3. The van der Waals surface area contributed by atoms with Crippen LogP contribution in [0.2, 0.25) is 10.2 Å². The summed E-state index contributed by atoms with van der Waals surface area (Å²) in [4.78, 5) is 0. The van der Waals surface area contributed by atoms with Crippen molar-refractivity contribution in [1.29, 1.82) is 0 Å². The average Bonchev–Trinajstić information content (AvgIpc) is 2.70. The van der Waals surface area contributed by atoms with Gasteiger partial charge in [-0.2, -0.15) is 5.10 Å². The minimum atomic E-state index is -0.119. The summed E-state index contributed by atoms with van der Waals surface area (Å²) >= 11 is 12.4. The number of aliphatic hydroxyl groups excluding tert-OH is 1. The quantitative estimate of drug-likeness (QED) is 0.926. The summed E-state index contributed by atoms with van der Waals surface area (Å²) in [5, 5.41) is 15.0. The lowest BCUT2D eigenvalue weighted by atomic mass is 10.1. The topological polar surface area (TPSA) is 38.0 Å². The van der Waals surface area contributed by atoms with Crippen molar-refractivity contribution in [2.75, 3.05) is 0 Å². The molecule has 1 aromatic heterocycles. The Morgan fingerprint density at radius 1 is 1.32 bits per heavy atom. The van der Waals surface area contributed by atoms with E-state index in [4.69, 9.17) is 23.2 Å². The number of hydrogen-bond acceptors (Lipinski definition) is 2. The molecule has 0 aliphatic carbocycles. The summed E-state index contributed by atoms with van der Waals surface area (Å²) in [7, 11) is 0. The van der Waals surface area contributed by atoms with Crippen molar-refractivity contribution >= 4 is 23.2 Å². The van der Waals surface area contributed by atoms with Crippen LogP contribution in [0.3, 0.4) is 0 Å². The van der Waals surface area contributed by atoms with Crippen LogP contribution in [0.25, 0.3) is 5.69 Å². The van der Waals surface area contributed by atoms with Gasteiger partial charge in [-0.3, -0.25) is 0 Å². The highest BCUT2D eigenvalue weighted by Crippen LogP contribution is 2.29. The molecule has 0 fully saturated rings. The molecule has 0 atom stereocenters. The van der Waals surface area contributed by atoms with Gasteiger partial charge < -0.3 is 5.11 Å². The highest BCUT2D eigenvalue weighted by Gasteiger charge is 2.19. The van der Waals surface area contributed by atoms with Gasteiger partial charge in [0.15, 0.2) is 0 Å². The molecule has 0 spiro atoms. The first-order valence-corrected chi connectivity index (χ1v) is 6.86. The van der Waals surface area contributed by atoms with Crippen LogP contribution in [-0.2, 0) is 6.61 Å². The Kier molecular flexibility index (Phi) is 4.19. The third-order valence-corrected chi connectivity index (χ3v) is 3.85. The molecule has 0 saturated heterocycles. The average molecular weight is 299 g/mol. The monoisotopic (exact) mass is 298 g/mol. The lowest BCUT2D eigenvalue weighted by molar-refractivity contribution is 0.280. The lowest BCUT2D eigenvalue weighted by Crippen LogP contribution is -1.98. The fourth-order valence-corrected chi connectivity index (χ4v) is 2.41. The van der Waals surface area contributed by atoms with Crippen LogP contribution in [0.1, 0.15) is 36.6 Å².